The zero-order valence-electron chi connectivity index (χ0n) is 13.2. The monoisotopic (exact) mass is 301 g/mol. The van der Waals surface area contributed by atoms with Crippen molar-refractivity contribution < 1.29 is 9.59 Å². The molecule has 2 aliphatic heterocycles. The molecule has 1 atom stereocenters. The van der Waals surface area contributed by atoms with Gasteiger partial charge in [-0.3, -0.25) is 9.59 Å². The smallest absolute Gasteiger partial charge is 0.236 e. The van der Waals surface area contributed by atoms with Gasteiger partial charge in [-0.15, -0.1) is 0 Å². The van der Waals surface area contributed by atoms with Crippen molar-refractivity contribution in [1.82, 2.24) is 15.1 Å². The minimum Gasteiger partial charge on any atom is -0.348 e. The van der Waals surface area contributed by atoms with Crippen LogP contribution in [0.1, 0.15) is 24.4 Å². The molecular weight excluding hydrogens is 278 g/mol. The van der Waals surface area contributed by atoms with E-state index >= 15 is 0 Å². The van der Waals surface area contributed by atoms with Crippen LogP contribution in [0, 0.1) is 5.41 Å². The fourth-order valence-corrected chi connectivity index (χ4v) is 3.56. The molecule has 2 heterocycles. The van der Waals surface area contributed by atoms with E-state index in [9.17, 15) is 9.59 Å². The molecule has 2 aliphatic rings. The lowest BCUT2D eigenvalue weighted by atomic mass is 9.64. The van der Waals surface area contributed by atoms with Gasteiger partial charge >= 0.3 is 0 Å². The van der Waals surface area contributed by atoms with Crippen molar-refractivity contribution in [3.63, 3.8) is 0 Å². The van der Waals surface area contributed by atoms with Crippen molar-refractivity contribution in [1.29, 1.82) is 0 Å². The Hall–Kier alpha value is -1.88. The number of likely N-dealkylation sites (tertiary alicyclic amines) is 1. The molecule has 0 aromatic heterocycles. The number of nitrogens with one attached hydrogen (secondary N) is 1. The Morgan fingerprint density at radius 3 is 2.45 bits per heavy atom. The second-order valence-electron chi connectivity index (χ2n) is 6.59. The fourth-order valence-electron chi connectivity index (χ4n) is 3.56. The van der Waals surface area contributed by atoms with Gasteiger partial charge in [-0.25, -0.2) is 0 Å². The SMILES string of the molecule is CN(C)CC(=O)N1CCC2(CC1)C(=O)N[C@@H]2c1ccccc1. The molecule has 118 valence electrons. The number of piperidine rings is 1. The van der Waals surface area contributed by atoms with Crippen LogP contribution in [0.2, 0.25) is 0 Å². The molecule has 5 nitrogen and oxygen atoms in total. The Bertz CT molecular complexity index is 563. The van der Waals surface area contributed by atoms with Gasteiger partial charge in [-0.1, -0.05) is 30.3 Å². The molecule has 0 bridgehead atoms. The zero-order chi connectivity index (χ0) is 15.7. The number of rotatable bonds is 3. The van der Waals surface area contributed by atoms with E-state index in [0.29, 0.717) is 19.6 Å². The molecule has 3 rings (SSSR count). The summed E-state index contributed by atoms with van der Waals surface area (Å²) in [6.45, 7) is 1.77. The molecule has 2 saturated heterocycles. The van der Waals surface area contributed by atoms with Crippen LogP contribution >= 0.6 is 0 Å². The number of benzene rings is 1. The molecule has 0 radical (unpaired) electrons. The van der Waals surface area contributed by atoms with E-state index in [2.05, 4.69) is 17.4 Å². The van der Waals surface area contributed by atoms with Crippen LogP contribution in [0.5, 0.6) is 0 Å². The van der Waals surface area contributed by atoms with Crippen molar-refractivity contribution >= 4 is 11.8 Å². The highest BCUT2D eigenvalue weighted by atomic mass is 16.2. The van der Waals surface area contributed by atoms with E-state index in [1.807, 2.05) is 42.1 Å². The summed E-state index contributed by atoms with van der Waals surface area (Å²) in [7, 11) is 3.79. The van der Waals surface area contributed by atoms with Crippen molar-refractivity contribution in [3.8, 4) is 0 Å². The Labute approximate surface area is 131 Å². The summed E-state index contributed by atoms with van der Waals surface area (Å²) in [5.41, 5.74) is 0.839. The van der Waals surface area contributed by atoms with Crippen LogP contribution in [0.4, 0.5) is 0 Å². The highest BCUT2D eigenvalue weighted by Crippen LogP contribution is 2.49. The maximum absolute atomic E-state index is 12.2. The number of hydrogen-bond donors (Lipinski definition) is 1. The Kier molecular flexibility index (Phi) is 3.91. The Morgan fingerprint density at radius 1 is 1.27 bits per heavy atom. The molecule has 0 unspecified atom stereocenters. The number of β-lactam (4-membered cyclic amide) rings is 1. The maximum Gasteiger partial charge on any atom is 0.236 e. The second kappa shape index (κ2) is 5.72. The molecule has 0 saturated carbocycles. The first-order chi connectivity index (χ1) is 10.5. The maximum atomic E-state index is 12.2. The van der Waals surface area contributed by atoms with Gasteiger partial charge in [-0.2, -0.15) is 0 Å². The van der Waals surface area contributed by atoms with E-state index in [-0.39, 0.29) is 23.3 Å². The van der Waals surface area contributed by atoms with Gasteiger partial charge in [0.2, 0.25) is 11.8 Å². The van der Waals surface area contributed by atoms with Crippen LogP contribution < -0.4 is 5.32 Å². The average Bonchev–Trinajstić information content (AvgIpc) is 2.52. The molecule has 1 spiro atoms. The lowest BCUT2D eigenvalue weighted by Gasteiger charge is -2.52. The quantitative estimate of drug-likeness (QED) is 0.848. The van der Waals surface area contributed by atoms with Gasteiger partial charge < -0.3 is 15.1 Å². The van der Waals surface area contributed by atoms with E-state index in [0.717, 1.165) is 18.4 Å². The van der Waals surface area contributed by atoms with Crippen molar-refractivity contribution in [3.05, 3.63) is 35.9 Å². The van der Waals surface area contributed by atoms with Crippen molar-refractivity contribution in [2.45, 2.75) is 18.9 Å². The van der Waals surface area contributed by atoms with E-state index in [4.69, 9.17) is 0 Å². The minimum atomic E-state index is -0.323. The summed E-state index contributed by atoms with van der Waals surface area (Å²) in [4.78, 5) is 28.1. The second-order valence-corrected chi connectivity index (χ2v) is 6.59. The average molecular weight is 301 g/mol. The summed E-state index contributed by atoms with van der Waals surface area (Å²) >= 11 is 0. The molecule has 2 amide bonds. The predicted octanol–water partition coefficient (Wildman–Crippen LogP) is 1.03. The fraction of sp³-hybridized carbons (Fsp3) is 0.529. The lowest BCUT2D eigenvalue weighted by molar-refractivity contribution is -0.155. The minimum absolute atomic E-state index is 0.0901. The first-order valence-corrected chi connectivity index (χ1v) is 7.81. The molecule has 0 aliphatic carbocycles. The molecule has 1 N–H and O–H groups in total. The molecule has 1 aromatic rings. The van der Waals surface area contributed by atoms with E-state index in [1.165, 1.54) is 0 Å². The van der Waals surface area contributed by atoms with Crippen LogP contribution in [0.3, 0.4) is 0 Å². The Morgan fingerprint density at radius 2 is 1.91 bits per heavy atom. The first-order valence-electron chi connectivity index (χ1n) is 7.81. The third kappa shape index (κ3) is 2.50. The van der Waals surface area contributed by atoms with Gasteiger partial charge in [0.05, 0.1) is 18.0 Å². The summed E-state index contributed by atoms with van der Waals surface area (Å²) in [5, 5.41) is 3.05. The Balaban J connectivity index is 1.68. The molecule has 1 aromatic carbocycles. The number of amides is 2. The van der Waals surface area contributed by atoms with Gasteiger partial charge in [0.15, 0.2) is 0 Å². The van der Waals surface area contributed by atoms with Crippen LogP contribution in [0.15, 0.2) is 30.3 Å². The summed E-state index contributed by atoms with van der Waals surface area (Å²) in [6, 6.07) is 10.2. The lowest BCUT2D eigenvalue weighted by Crippen LogP contribution is -2.65. The van der Waals surface area contributed by atoms with Crippen LogP contribution in [-0.2, 0) is 9.59 Å². The number of hydrogen-bond acceptors (Lipinski definition) is 3. The number of nitrogens with zero attached hydrogens (tertiary/aromatic N) is 2. The third-order valence-electron chi connectivity index (χ3n) is 4.87. The third-order valence-corrected chi connectivity index (χ3v) is 4.87. The standard InChI is InChI=1S/C17H23N3O2/c1-19(2)12-14(21)20-10-8-17(9-11-20)15(18-16(17)22)13-6-4-3-5-7-13/h3-7,15H,8-12H2,1-2H3,(H,18,22)/t15-/m1/s1. The number of carbonyl (C=O) groups excluding carboxylic acids is 2. The van der Waals surface area contributed by atoms with Crippen molar-refractivity contribution in [2.24, 2.45) is 5.41 Å². The molecule has 2 fully saturated rings. The summed E-state index contributed by atoms with van der Waals surface area (Å²) in [6.07, 6.45) is 1.50. The normalized spacial score (nSPS) is 23.3. The first kappa shape index (κ1) is 15.0. The highest BCUT2D eigenvalue weighted by molar-refractivity contribution is 5.91. The van der Waals surface area contributed by atoms with Gasteiger partial charge in [-0.05, 0) is 32.5 Å². The number of likely N-dealkylation sites (N-methyl/N-ethyl adjacent to an activating group) is 1. The zero-order valence-corrected chi connectivity index (χ0v) is 13.2. The van der Waals surface area contributed by atoms with Gasteiger partial charge in [0.25, 0.3) is 0 Å². The molecule has 22 heavy (non-hydrogen) atoms. The van der Waals surface area contributed by atoms with E-state index in [1.54, 1.807) is 0 Å². The molecule has 5 heteroatoms. The largest absolute Gasteiger partial charge is 0.348 e. The molecular formula is C17H23N3O2. The predicted molar refractivity (Wildman–Crippen MR) is 84.1 cm³/mol. The topological polar surface area (TPSA) is 52.7 Å². The van der Waals surface area contributed by atoms with E-state index < -0.39 is 0 Å². The number of carbonyl (C=O) groups is 2. The van der Waals surface area contributed by atoms with Crippen molar-refractivity contribution in [2.75, 3.05) is 33.7 Å². The summed E-state index contributed by atoms with van der Waals surface area (Å²) < 4.78 is 0. The summed E-state index contributed by atoms with van der Waals surface area (Å²) in [5.74, 6) is 0.289. The van der Waals surface area contributed by atoms with Crippen LogP contribution in [0.25, 0.3) is 0 Å². The van der Waals surface area contributed by atoms with Gasteiger partial charge in [0, 0.05) is 13.1 Å². The van der Waals surface area contributed by atoms with Crippen LogP contribution in [-0.4, -0.2) is 55.3 Å². The van der Waals surface area contributed by atoms with Gasteiger partial charge in [0.1, 0.15) is 0 Å². The highest BCUT2D eigenvalue weighted by Gasteiger charge is 2.56.